The molecule has 4 rings (SSSR count). The number of carbonyl (C=O) groups is 1. The number of nitrogens with one attached hydrogen (secondary N) is 1. The number of amides is 1. The molecular weight excluding hydrogens is 384 g/mol. The van der Waals surface area contributed by atoms with Gasteiger partial charge in [0.2, 0.25) is 5.91 Å². The molecule has 0 aliphatic carbocycles. The maximum absolute atomic E-state index is 12.6. The zero-order chi connectivity index (χ0) is 21.1. The average Bonchev–Trinajstić information content (AvgIpc) is 2.76. The van der Waals surface area contributed by atoms with Gasteiger partial charge in [0.15, 0.2) is 11.5 Å². The third-order valence-electron chi connectivity index (χ3n) is 5.09. The van der Waals surface area contributed by atoms with Crippen LogP contribution >= 0.6 is 0 Å². The van der Waals surface area contributed by atoms with Gasteiger partial charge in [0, 0.05) is 6.42 Å². The average molecular weight is 408 g/mol. The van der Waals surface area contributed by atoms with Gasteiger partial charge >= 0.3 is 0 Å². The van der Waals surface area contributed by atoms with Crippen LogP contribution in [0.2, 0.25) is 0 Å². The molecule has 8 nitrogen and oxygen atoms in total. The minimum Gasteiger partial charge on any atom is -0.486 e. The predicted octanol–water partition coefficient (Wildman–Crippen LogP) is 2.47. The van der Waals surface area contributed by atoms with Crippen LogP contribution in [0, 0.1) is 5.92 Å². The lowest BCUT2D eigenvalue weighted by molar-refractivity contribution is -0.122. The first kappa shape index (κ1) is 19.9. The lowest BCUT2D eigenvalue weighted by Crippen LogP contribution is -2.34. The topological polar surface area (TPSA) is 95.3 Å². The van der Waals surface area contributed by atoms with E-state index in [-0.39, 0.29) is 36.4 Å². The Morgan fingerprint density at radius 2 is 1.90 bits per heavy atom. The van der Waals surface area contributed by atoms with Crippen molar-refractivity contribution in [1.29, 1.82) is 0 Å². The second-order valence-corrected chi connectivity index (χ2v) is 7.58. The van der Waals surface area contributed by atoms with Crippen LogP contribution in [0.15, 0.2) is 47.3 Å². The molecule has 0 spiro atoms. The quantitative estimate of drug-likeness (QED) is 0.673. The monoisotopic (exact) mass is 408 g/mol. The number of rotatable bonds is 6. The summed E-state index contributed by atoms with van der Waals surface area (Å²) >= 11 is 0. The minimum absolute atomic E-state index is 0.126. The van der Waals surface area contributed by atoms with E-state index in [0.29, 0.717) is 35.6 Å². The Hall–Kier alpha value is -3.42. The lowest BCUT2D eigenvalue weighted by Gasteiger charge is -2.25. The number of hydrogen-bond acceptors (Lipinski definition) is 6. The van der Waals surface area contributed by atoms with Gasteiger partial charge in [-0.1, -0.05) is 37.3 Å². The van der Waals surface area contributed by atoms with Gasteiger partial charge in [0.25, 0.3) is 5.56 Å². The molecule has 1 N–H and O–H groups in total. The molecule has 8 heteroatoms. The van der Waals surface area contributed by atoms with Crippen LogP contribution < -0.4 is 20.3 Å². The zero-order valence-corrected chi connectivity index (χ0v) is 17.0. The first-order chi connectivity index (χ1) is 14.5. The smallest absolute Gasteiger partial charge is 0.277 e. The van der Waals surface area contributed by atoms with Crippen LogP contribution in [0.1, 0.15) is 31.9 Å². The molecule has 0 fully saturated rings. The van der Waals surface area contributed by atoms with Crippen molar-refractivity contribution in [3.63, 3.8) is 0 Å². The molecule has 0 radical (unpaired) electrons. The summed E-state index contributed by atoms with van der Waals surface area (Å²) in [5.74, 6) is 1.41. The number of ether oxygens (including phenoxy) is 2. The largest absolute Gasteiger partial charge is 0.486 e. The van der Waals surface area contributed by atoms with Crippen molar-refractivity contribution in [2.75, 3.05) is 13.2 Å². The molecular formula is C22H24N4O4. The molecule has 1 amide bonds. The number of carbonyl (C=O) groups excluding carboxylic acids is 1. The van der Waals surface area contributed by atoms with Gasteiger partial charge < -0.3 is 14.8 Å². The van der Waals surface area contributed by atoms with Gasteiger partial charge in [-0.2, -0.15) is 0 Å². The summed E-state index contributed by atoms with van der Waals surface area (Å²) in [6, 6.07) is 12.6. The van der Waals surface area contributed by atoms with E-state index in [4.69, 9.17) is 9.47 Å². The maximum Gasteiger partial charge on any atom is 0.277 e. The summed E-state index contributed by atoms with van der Waals surface area (Å²) in [6.45, 7) is 5.29. The predicted molar refractivity (Wildman–Crippen MR) is 112 cm³/mol. The second-order valence-electron chi connectivity index (χ2n) is 7.58. The van der Waals surface area contributed by atoms with Gasteiger partial charge in [-0.3, -0.25) is 9.59 Å². The number of fused-ring (bicyclic) bond motifs is 2. The molecule has 0 bridgehead atoms. The fourth-order valence-corrected chi connectivity index (χ4v) is 3.51. The fraction of sp³-hybridized carbons (Fsp3) is 0.364. The Morgan fingerprint density at radius 1 is 1.13 bits per heavy atom. The highest BCUT2D eigenvalue weighted by Gasteiger charge is 2.21. The summed E-state index contributed by atoms with van der Waals surface area (Å²) in [6.07, 6.45) is 0.126. The summed E-state index contributed by atoms with van der Waals surface area (Å²) < 4.78 is 12.5. The molecule has 1 aliphatic heterocycles. The van der Waals surface area contributed by atoms with Gasteiger partial charge in [0.1, 0.15) is 18.7 Å². The summed E-state index contributed by atoms with van der Waals surface area (Å²) in [5.41, 5.74) is 1.24. The molecule has 1 aliphatic rings. The second kappa shape index (κ2) is 8.52. The van der Waals surface area contributed by atoms with Crippen molar-refractivity contribution in [2.24, 2.45) is 5.92 Å². The van der Waals surface area contributed by atoms with E-state index in [1.54, 1.807) is 24.3 Å². The number of benzene rings is 2. The maximum atomic E-state index is 12.6. The SMILES string of the molecule is CC(C)[C@H](NC(=O)CCn1nnc2ccccc2c1=O)c1ccc2c(c1)OCCO2. The Bertz CT molecular complexity index is 1130. The normalized spacial score (nSPS) is 14.0. The summed E-state index contributed by atoms with van der Waals surface area (Å²) in [7, 11) is 0. The molecule has 0 saturated heterocycles. The number of nitrogens with zero attached hydrogens (tertiary/aromatic N) is 3. The molecule has 156 valence electrons. The van der Waals surface area contributed by atoms with Crippen LogP contribution in [0.3, 0.4) is 0 Å². The van der Waals surface area contributed by atoms with Gasteiger partial charge in [-0.25, -0.2) is 4.68 Å². The number of aryl methyl sites for hydroxylation is 1. The fourth-order valence-electron chi connectivity index (χ4n) is 3.51. The van der Waals surface area contributed by atoms with Crippen molar-refractivity contribution in [1.82, 2.24) is 20.3 Å². The Balaban J connectivity index is 1.45. The van der Waals surface area contributed by atoms with Gasteiger partial charge in [-0.05, 0) is 35.7 Å². The molecule has 2 aromatic carbocycles. The van der Waals surface area contributed by atoms with Crippen molar-refractivity contribution < 1.29 is 14.3 Å². The molecule has 1 atom stereocenters. The van der Waals surface area contributed by atoms with Crippen LogP contribution in [0.25, 0.3) is 10.9 Å². The van der Waals surface area contributed by atoms with Crippen LogP contribution in [0.4, 0.5) is 0 Å². The zero-order valence-electron chi connectivity index (χ0n) is 17.0. The highest BCUT2D eigenvalue weighted by molar-refractivity contribution is 5.77. The highest BCUT2D eigenvalue weighted by Crippen LogP contribution is 2.34. The van der Waals surface area contributed by atoms with Crippen molar-refractivity contribution >= 4 is 16.8 Å². The first-order valence-electron chi connectivity index (χ1n) is 10.0. The van der Waals surface area contributed by atoms with E-state index in [1.165, 1.54) is 4.68 Å². The molecule has 30 heavy (non-hydrogen) atoms. The number of hydrogen-bond donors (Lipinski definition) is 1. The third-order valence-corrected chi connectivity index (χ3v) is 5.09. The van der Waals surface area contributed by atoms with E-state index in [1.807, 2.05) is 32.0 Å². The van der Waals surface area contributed by atoms with Gasteiger partial charge in [-0.15, -0.1) is 5.10 Å². The van der Waals surface area contributed by atoms with Crippen LogP contribution in [-0.2, 0) is 11.3 Å². The van der Waals surface area contributed by atoms with Crippen molar-refractivity contribution in [2.45, 2.75) is 32.9 Å². The van der Waals surface area contributed by atoms with Gasteiger partial charge in [0.05, 0.1) is 18.0 Å². The highest BCUT2D eigenvalue weighted by atomic mass is 16.6. The molecule has 0 saturated carbocycles. The van der Waals surface area contributed by atoms with Crippen LogP contribution in [-0.4, -0.2) is 34.1 Å². The minimum atomic E-state index is -0.249. The van der Waals surface area contributed by atoms with E-state index in [2.05, 4.69) is 15.6 Å². The van der Waals surface area contributed by atoms with E-state index >= 15 is 0 Å². The van der Waals surface area contributed by atoms with Crippen molar-refractivity contribution in [3.8, 4) is 11.5 Å². The molecule has 2 heterocycles. The molecule has 0 unspecified atom stereocenters. The van der Waals surface area contributed by atoms with E-state index in [0.717, 1.165) is 5.56 Å². The van der Waals surface area contributed by atoms with E-state index < -0.39 is 0 Å². The Kier molecular flexibility index (Phi) is 5.65. The Labute approximate surface area is 173 Å². The third kappa shape index (κ3) is 4.12. The summed E-state index contributed by atoms with van der Waals surface area (Å²) in [4.78, 5) is 25.2. The summed E-state index contributed by atoms with van der Waals surface area (Å²) in [5, 5.41) is 11.6. The van der Waals surface area contributed by atoms with Crippen LogP contribution in [0.5, 0.6) is 11.5 Å². The van der Waals surface area contributed by atoms with E-state index in [9.17, 15) is 9.59 Å². The Morgan fingerprint density at radius 3 is 2.70 bits per heavy atom. The molecule has 3 aromatic rings. The first-order valence-corrected chi connectivity index (χ1v) is 10.0. The number of aromatic nitrogens is 3. The van der Waals surface area contributed by atoms with Crippen molar-refractivity contribution in [3.05, 3.63) is 58.4 Å². The lowest BCUT2D eigenvalue weighted by atomic mass is 9.95. The standard InChI is InChI=1S/C22H24N4O4/c1-14(2)21(15-7-8-18-19(13-15)30-12-11-29-18)23-20(27)9-10-26-22(28)16-5-3-4-6-17(16)24-25-26/h3-8,13-14,21H,9-12H2,1-2H3,(H,23,27)/t21-/m0/s1. The molecule has 1 aromatic heterocycles.